The van der Waals surface area contributed by atoms with Crippen LogP contribution in [-0.2, 0) is 11.2 Å². The fourth-order valence-electron chi connectivity index (χ4n) is 3.06. The minimum Gasteiger partial charge on any atom is -0.361 e. The van der Waals surface area contributed by atoms with Gasteiger partial charge in [-0.05, 0) is 35.9 Å². The molecule has 1 amide bonds. The van der Waals surface area contributed by atoms with Gasteiger partial charge in [0.15, 0.2) is 0 Å². The summed E-state index contributed by atoms with van der Waals surface area (Å²) in [6.45, 7) is 3.73. The quantitative estimate of drug-likeness (QED) is 0.880. The average Bonchev–Trinajstić information content (AvgIpc) is 3.18. The molecule has 2 aromatic rings. The van der Waals surface area contributed by atoms with Crippen molar-refractivity contribution in [1.82, 2.24) is 5.32 Å². The standard InChI is InChI=1S/C18H22N2OS/c1-2-6-18(21)19-13-16(17-9-5-12-22-17)20-11-10-14-7-3-4-8-15(14)20/h3-5,7-9,12,16H,2,6,10-11,13H2,1H3,(H,19,21)/t16-/m1/s1. The van der Waals surface area contributed by atoms with E-state index in [9.17, 15) is 4.79 Å². The van der Waals surface area contributed by atoms with Crippen molar-refractivity contribution in [2.24, 2.45) is 0 Å². The number of hydrogen-bond donors (Lipinski definition) is 1. The smallest absolute Gasteiger partial charge is 0.220 e. The highest BCUT2D eigenvalue weighted by Gasteiger charge is 2.27. The summed E-state index contributed by atoms with van der Waals surface area (Å²) in [5.74, 6) is 0.150. The van der Waals surface area contributed by atoms with E-state index in [0.29, 0.717) is 13.0 Å². The summed E-state index contributed by atoms with van der Waals surface area (Å²) < 4.78 is 0. The maximum absolute atomic E-state index is 11.9. The molecule has 3 rings (SSSR count). The number of fused-ring (bicyclic) bond motifs is 1. The van der Waals surface area contributed by atoms with E-state index in [2.05, 4.69) is 52.0 Å². The van der Waals surface area contributed by atoms with Gasteiger partial charge in [0, 0.05) is 30.1 Å². The highest BCUT2D eigenvalue weighted by molar-refractivity contribution is 7.10. The summed E-state index contributed by atoms with van der Waals surface area (Å²) in [6.07, 6.45) is 2.58. The molecule has 3 nitrogen and oxygen atoms in total. The minimum atomic E-state index is 0.150. The maximum Gasteiger partial charge on any atom is 0.220 e. The van der Waals surface area contributed by atoms with E-state index in [4.69, 9.17) is 0 Å². The van der Waals surface area contributed by atoms with Crippen LogP contribution in [0.2, 0.25) is 0 Å². The molecule has 0 saturated heterocycles. The number of thiophene rings is 1. The Bertz CT molecular complexity index is 624. The average molecular weight is 314 g/mol. The van der Waals surface area contributed by atoms with E-state index in [1.807, 2.05) is 6.92 Å². The Morgan fingerprint density at radius 1 is 1.32 bits per heavy atom. The van der Waals surface area contributed by atoms with E-state index in [0.717, 1.165) is 19.4 Å². The first-order chi connectivity index (χ1) is 10.8. The number of rotatable bonds is 6. The third kappa shape index (κ3) is 3.17. The van der Waals surface area contributed by atoms with Crippen LogP contribution in [0.25, 0.3) is 0 Å². The minimum absolute atomic E-state index is 0.150. The summed E-state index contributed by atoms with van der Waals surface area (Å²) in [6, 6.07) is 13.1. The Morgan fingerprint density at radius 2 is 2.18 bits per heavy atom. The molecule has 0 aliphatic carbocycles. The molecule has 22 heavy (non-hydrogen) atoms. The lowest BCUT2D eigenvalue weighted by Gasteiger charge is -2.30. The van der Waals surface area contributed by atoms with Gasteiger partial charge < -0.3 is 10.2 Å². The molecule has 4 heteroatoms. The van der Waals surface area contributed by atoms with Crippen molar-refractivity contribution < 1.29 is 4.79 Å². The first kappa shape index (κ1) is 15.1. The van der Waals surface area contributed by atoms with Crippen LogP contribution < -0.4 is 10.2 Å². The number of carbonyl (C=O) groups is 1. The van der Waals surface area contributed by atoms with Gasteiger partial charge in [0.05, 0.1) is 6.04 Å². The second kappa shape index (κ2) is 6.97. The summed E-state index contributed by atoms with van der Waals surface area (Å²) in [4.78, 5) is 15.6. The van der Waals surface area contributed by atoms with Crippen LogP contribution in [-0.4, -0.2) is 19.0 Å². The largest absolute Gasteiger partial charge is 0.361 e. The number of para-hydroxylation sites is 1. The lowest BCUT2D eigenvalue weighted by molar-refractivity contribution is -0.121. The Morgan fingerprint density at radius 3 is 2.95 bits per heavy atom. The molecule has 1 N–H and O–H groups in total. The zero-order chi connectivity index (χ0) is 15.4. The highest BCUT2D eigenvalue weighted by atomic mass is 32.1. The number of nitrogens with one attached hydrogen (secondary N) is 1. The fraction of sp³-hybridized carbons (Fsp3) is 0.389. The Hall–Kier alpha value is -1.81. The Kier molecular flexibility index (Phi) is 4.78. The summed E-state index contributed by atoms with van der Waals surface area (Å²) in [5.41, 5.74) is 2.72. The SMILES string of the molecule is CCCC(=O)NC[C@H](c1cccs1)N1CCc2ccccc21. The zero-order valence-electron chi connectivity index (χ0n) is 12.9. The molecule has 1 aromatic heterocycles. The fourth-order valence-corrected chi connectivity index (χ4v) is 3.90. The number of amides is 1. The first-order valence-corrected chi connectivity index (χ1v) is 8.82. The van der Waals surface area contributed by atoms with E-state index >= 15 is 0 Å². The van der Waals surface area contributed by atoms with Crippen molar-refractivity contribution in [3.8, 4) is 0 Å². The van der Waals surface area contributed by atoms with Crippen molar-refractivity contribution >= 4 is 22.9 Å². The van der Waals surface area contributed by atoms with Gasteiger partial charge in [-0.25, -0.2) is 0 Å². The first-order valence-electron chi connectivity index (χ1n) is 7.94. The predicted octanol–water partition coefficient (Wildman–Crippen LogP) is 3.77. The van der Waals surface area contributed by atoms with Crippen LogP contribution in [0, 0.1) is 0 Å². The molecule has 1 aliphatic rings. The van der Waals surface area contributed by atoms with Crippen molar-refractivity contribution in [2.45, 2.75) is 32.2 Å². The van der Waals surface area contributed by atoms with Gasteiger partial charge in [-0.15, -0.1) is 11.3 Å². The number of nitrogens with zero attached hydrogens (tertiary/aromatic N) is 1. The lowest BCUT2D eigenvalue weighted by atomic mass is 10.1. The van der Waals surface area contributed by atoms with Gasteiger partial charge in [0.2, 0.25) is 5.91 Å². The zero-order valence-corrected chi connectivity index (χ0v) is 13.7. The van der Waals surface area contributed by atoms with Crippen LogP contribution >= 0.6 is 11.3 Å². The number of hydrogen-bond acceptors (Lipinski definition) is 3. The molecule has 0 spiro atoms. The van der Waals surface area contributed by atoms with Gasteiger partial charge >= 0.3 is 0 Å². The van der Waals surface area contributed by atoms with Crippen molar-refractivity contribution in [3.05, 3.63) is 52.2 Å². The van der Waals surface area contributed by atoms with Gasteiger partial charge in [-0.2, -0.15) is 0 Å². The summed E-state index contributed by atoms with van der Waals surface area (Å²) >= 11 is 1.76. The number of carbonyl (C=O) groups excluding carboxylic acids is 1. The van der Waals surface area contributed by atoms with Crippen LogP contribution in [0.5, 0.6) is 0 Å². The number of anilines is 1. The van der Waals surface area contributed by atoms with E-state index in [1.165, 1.54) is 16.1 Å². The third-order valence-corrected chi connectivity index (χ3v) is 5.11. The Balaban J connectivity index is 1.80. The highest BCUT2D eigenvalue weighted by Crippen LogP contribution is 2.36. The van der Waals surface area contributed by atoms with Crippen LogP contribution in [0.4, 0.5) is 5.69 Å². The van der Waals surface area contributed by atoms with E-state index in [-0.39, 0.29) is 11.9 Å². The molecule has 0 fully saturated rings. The summed E-state index contributed by atoms with van der Waals surface area (Å²) in [5, 5.41) is 5.22. The Labute approximate surface area is 136 Å². The normalized spacial score (nSPS) is 14.7. The lowest BCUT2D eigenvalue weighted by Crippen LogP contribution is -2.37. The van der Waals surface area contributed by atoms with Crippen LogP contribution in [0.3, 0.4) is 0 Å². The molecule has 1 atom stereocenters. The molecular weight excluding hydrogens is 292 g/mol. The molecule has 1 aliphatic heterocycles. The van der Waals surface area contributed by atoms with Gasteiger partial charge in [-0.3, -0.25) is 4.79 Å². The second-order valence-electron chi connectivity index (χ2n) is 5.66. The van der Waals surface area contributed by atoms with Crippen molar-refractivity contribution in [1.29, 1.82) is 0 Å². The van der Waals surface area contributed by atoms with Gasteiger partial charge in [-0.1, -0.05) is 31.2 Å². The molecule has 0 radical (unpaired) electrons. The van der Waals surface area contributed by atoms with E-state index in [1.54, 1.807) is 11.3 Å². The maximum atomic E-state index is 11.9. The van der Waals surface area contributed by atoms with Gasteiger partial charge in [0.1, 0.15) is 0 Å². The topological polar surface area (TPSA) is 32.3 Å². The van der Waals surface area contributed by atoms with Crippen LogP contribution in [0.1, 0.15) is 36.2 Å². The molecule has 2 heterocycles. The van der Waals surface area contributed by atoms with Crippen molar-refractivity contribution in [2.75, 3.05) is 18.0 Å². The molecule has 0 bridgehead atoms. The van der Waals surface area contributed by atoms with E-state index < -0.39 is 0 Å². The second-order valence-corrected chi connectivity index (χ2v) is 6.64. The number of benzene rings is 1. The monoisotopic (exact) mass is 314 g/mol. The third-order valence-electron chi connectivity index (χ3n) is 4.14. The summed E-state index contributed by atoms with van der Waals surface area (Å²) in [7, 11) is 0. The predicted molar refractivity (Wildman–Crippen MR) is 92.5 cm³/mol. The molecule has 0 saturated carbocycles. The molecule has 1 aromatic carbocycles. The molecule has 116 valence electrons. The van der Waals surface area contributed by atoms with Gasteiger partial charge in [0.25, 0.3) is 0 Å². The molecule has 0 unspecified atom stereocenters. The van der Waals surface area contributed by atoms with Crippen LogP contribution in [0.15, 0.2) is 41.8 Å². The van der Waals surface area contributed by atoms with Crippen molar-refractivity contribution in [3.63, 3.8) is 0 Å². The molecular formula is C18H22N2OS.